The summed E-state index contributed by atoms with van der Waals surface area (Å²) in [6, 6.07) is 8.91. The molecular formula is C21H20F2N2O4. The summed E-state index contributed by atoms with van der Waals surface area (Å²) in [7, 11) is 0. The third-order valence-electron chi connectivity index (χ3n) is 5.03. The van der Waals surface area contributed by atoms with Gasteiger partial charge in [0.1, 0.15) is 11.6 Å². The van der Waals surface area contributed by atoms with Crippen LogP contribution in [0.4, 0.5) is 20.2 Å². The van der Waals surface area contributed by atoms with Crippen LogP contribution >= 0.6 is 0 Å². The third-order valence-corrected chi connectivity index (χ3v) is 5.03. The second kappa shape index (κ2) is 8.81. The van der Waals surface area contributed by atoms with Crippen LogP contribution < -0.4 is 10.6 Å². The molecule has 2 atom stereocenters. The molecule has 2 aromatic rings. The number of aliphatic carboxylic acids is 1. The lowest BCUT2D eigenvalue weighted by Gasteiger charge is -2.27. The van der Waals surface area contributed by atoms with E-state index >= 15 is 0 Å². The van der Waals surface area contributed by atoms with Gasteiger partial charge in [0.2, 0.25) is 5.91 Å². The van der Waals surface area contributed by atoms with E-state index < -0.39 is 41.3 Å². The Morgan fingerprint density at radius 3 is 2.28 bits per heavy atom. The first-order chi connectivity index (χ1) is 13.9. The van der Waals surface area contributed by atoms with E-state index in [0.29, 0.717) is 18.9 Å². The molecule has 0 aromatic heterocycles. The standard InChI is InChI=1S/C21H20F2N2O4/c22-12-9-10-18(16(23)11-12)25-20(27)15-7-3-4-8-17(15)24-19(26)13-5-1-2-6-14(13)21(28)29/h3-4,7-11,13-14H,1-2,5-6H2,(H,24,26)(H,25,27)(H,28,29)/t13-,14+/m0/s1. The van der Waals surface area contributed by atoms with Gasteiger partial charge in [-0.15, -0.1) is 0 Å². The fourth-order valence-electron chi connectivity index (χ4n) is 3.54. The van der Waals surface area contributed by atoms with Gasteiger partial charge in [-0.25, -0.2) is 8.78 Å². The minimum Gasteiger partial charge on any atom is -0.481 e. The van der Waals surface area contributed by atoms with E-state index in [1.807, 2.05) is 0 Å². The molecular weight excluding hydrogens is 382 g/mol. The summed E-state index contributed by atoms with van der Waals surface area (Å²) in [4.78, 5) is 36.7. The SMILES string of the molecule is O=C(Nc1ccc(F)cc1F)c1ccccc1NC(=O)[C@H]1CCCC[C@H]1C(=O)O. The minimum absolute atomic E-state index is 0.0762. The fraction of sp³-hybridized carbons (Fsp3) is 0.286. The maximum atomic E-state index is 13.8. The van der Waals surface area contributed by atoms with E-state index in [1.54, 1.807) is 12.1 Å². The highest BCUT2D eigenvalue weighted by Gasteiger charge is 2.36. The summed E-state index contributed by atoms with van der Waals surface area (Å²) in [6.45, 7) is 0. The van der Waals surface area contributed by atoms with Crippen molar-refractivity contribution in [3.05, 3.63) is 59.7 Å². The number of amides is 2. The average Bonchev–Trinajstić information content (AvgIpc) is 2.70. The van der Waals surface area contributed by atoms with Gasteiger partial charge in [-0.1, -0.05) is 25.0 Å². The molecule has 0 bridgehead atoms. The molecule has 29 heavy (non-hydrogen) atoms. The molecule has 0 aliphatic heterocycles. The first kappa shape index (κ1) is 20.4. The topological polar surface area (TPSA) is 95.5 Å². The van der Waals surface area contributed by atoms with Crippen molar-refractivity contribution in [2.24, 2.45) is 11.8 Å². The lowest BCUT2D eigenvalue weighted by Crippen LogP contribution is -2.36. The van der Waals surface area contributed by atoms with E-state index in [0.717, 1.165) is 25.0 Å². The van der Waals surface area contributed by atoms with Crippen LogP contribution in [0.5, 0.6) is 0 Å². The maximum absolute atomic E-state index is 13.8. The van der Waals surface area contributed by atoms with Crippen molar-refractivity contribution in [1.29, 1.82) is 0 Å². The van der Waals surface area contributed by atoms with Crippen LogP contribution in [0, 0.1) is 23.5 Å². The van der Waals surface area contributed by atoms with E-state index in [-0.39, 0.29) is 16.9 Å². The van der Waals surface area contributed by atoms with Gasteiger partial charge in [-0.05, 0) is 37.1 Å². The molecule has 1 aliphatic carbocycles. The van der Waals surface area contributed by atoms with Crippen LogP contribution in [-0.4, -0.2) is 22.9 Å². The Bertz CT molecular complexity index is 948. The van der Waals surface area contributed by atoms with Gasteiger partial charge in [0, 0.05) is 6.07 Å². The Balaban J connectivity index is 1.78. The van der Waals surface area contributed by atoms with Crippen molar-refractivity contribution in [1.82, 2.24) is 0 Å². The number of carbonyl (C=O) groups is 3. The fourth-order valence-corrected chi connectivity index (χ4v) is 3.54. The molecule has 6 nitrogen and oxygen atoms in total. The first-order valence-electron chi connectivity index (χ1n) is 9.26. The number of carboxylic acids is 1. The molecule has 2 aromatic carbocycles. The van der Waals surface area contributed by atoms with E-state index in [2.05, 4.69) is 10.6 Å². The van der Waals surface area contributed by atoms with Gasteiger partial charge < -0.3 is 15.7 Å². The largest absolute Gasteiger partial charge is 0.481 e. The van der Waals surface area contributed by atoms with Gasteiger partial charge in [0.05, 0.1) is 28.8 Å². The van der Waals surface area contributed by atoms with Crippen molar-refractivity contribution >= 4 is 29.2 Å². The highest BCUT2D eigenvalue weighted by atomic mass is 19.1. The van der Waals surface area contributed by atoms with Gasteiger partial charge in [-0.3, -0.25) is 14.4 Å². The van der Waals surface area contributed by atoms with Gasteiger partial charge in [-0.2, -0.15) is 0 Å². The summed E-state index contributed by atoms with van der Waals surface area (Å²) < 4.78 is 26.9. The van der Waals surface area contributed by atoms with Gasteiger partial charge >= 0.3 is 5.97 Å². The predicted octanol–water partition coefficient (Wildman–Crippen LogP) is 4.05. The first-order valence-corrected chi connectivity index (χ1v) is 9.26. The number of hydrogen-bond acceptors (Lipinski definition) is 3. The number of benzene rings is 2. The number of rotatable bonds is 5. The zero-order chi connectivity index (χ0) is 21.0. The number of anilines is 2. The van der Waals surface area contributed by atoms with Crippen molar-refractivity contribution in [2.75, 3.05) is 10.6 Å². The molecule has 3 rings (SSSR count). The van der Waals surface area contributed by atoms with Crippen LogP contribution in [0.2, 0.25) is 0 Å². The van der Waals surface area contributed by atoms with Crippen LogP contribution in [0.25, 0.3) is 0 Å². The number of carbonyl (C=O) groups excluding carboxylic acids is 2. The predicted molar refractivity (Wildman–Crippen MR) is 102 cm³/mol. The molecule has 0 unspecified atom stereocenters. The number of halogens is 2. The summed E-state index contributed by atoms with van der Waals surface area (Å²) in [6.07, 6.45) is 2.40. The molecule has 1 saturated carbocycles. The number of nitrogens with one attached hydrogen (secondary N) is 2. The van der Waals surface area contributed by atoms with Crippen molar-refractivity contribution in [2.45, 2.75) is 25.7 Å². The molecule has 8 heteroatoms. The molecule has 0 heterocycles. The zero-order valence-electron chi connectivity index (χ0n) is 15.5. The molecule has 0 radical (unpaired) electrons. The molecule has 1 aliphatic rings. The second-order valence-corrected chi connectivity index (χ2v) is 6.95. The molecule has 0 spiro atoms. The molecule has 0 saturated heterocycles. The Labute approximate surface area is 165 Å². The number of hydrogen-bond donors (Lipinski definition) is 3. The van der Waals surface area contributed by atoms with Crippen LogP contribution in [-0.2, 0) is 9.59 Å². The van der Waals surface area contributed by atoms with Crippen molar-refractivity contribution in [3.63, 3.8) is 0 Å². The summed E-state index contributed by atoms with van der Waals surface area (Å²) in [5.74, 6) is -5.32. The lowest BCUT2D eigenvalue weighted by atomic mass is 9.78. The van der Waals surface area contributed by atoms with Crippen LogP contribution in [0.3, 0.4) is 0 Å². The lowest BCUT2D eigenvalue weighted by molar-refractivity contribution is -0.147. The third kappa shape index (κ3) is 4.77. The molecule has 3 N–H and O–H groups in total. The van der Waals surface area contributed by atoms with Crippen LogP contribution in [0.1, 0.15) is 36.0 Å². The van der Waals surface area contributed by atoms with E-state index in [4.69, 9.17) is 0 Å². The Hall–Kier alpha value is -3.29. The van der Waals surface area contributed by atoms with Crippen molar-refractivity contribution in [3.8, 4) is 0 Å². The summed E-state index contributed by atoms with van der Waals surface area (Å²) >= 11 is 0. The molecule has 2 amide bonds. The Kier molecular flexibility index (Phi) is 6.21. The average molecular weight is 402 g/mol. The Morgan fingerprint density at radius 1 is 0.897 bits per heavy atom. The van der Waals surface area contributed by atoms with Gasteiger partial charge in [0.25, 0.3) is 5.91 Å². The monoisotopic (exact) mass is 402 g/mol. The highest BCUT2D eigenvalue weighted by Crippen LogP contribution is 2.31. The van der Waals surface area contributed by atoms with Crippen molar-refractivity contribution < 1.29 is 28.3 Å². The summed E-state index contributed by atoms with van der Waals surface area (Å²) in [5, 5.41) is 14.4. The normalized spacial score (nSPS) is 18.7. The minimum atomic E-state index is -1.01. The molecule has 1 fully saturated rings. The maximum Gasteiger partial charge on any atom is 0.307 e. The molecule has 152 valence electrons. The Morgan fingerprint density at radius 2 is 1.59 bits per heavy atom. The number of carboxylic acid groups (broad SMARTS) is 1. The smallest absolute Gasteiger partial charge is 0.307 e. The number of para-hydroxylation sites is 1. The van der Waals surface area contributed by atoms with E-state index in [9.17, 15) is 28.3 Å². The van der Waals surface area contributed by atoms with Crippen LogP contribution in [0.15, 0.2) is 42.5 Å². The zero-order valence-corrected chi connectivity index (χ0v) is 15.5. The highest BCUT2D eigenvalue weighted by molar-refractivity contribution is 6.10. The quantitative estimate of drug-likeness (QED) is 0.703. The summed E-state index contributed by atoms with van der Waals surface area (Å²) in [5.41, 5.74) is 0.0650. The van der Waals surface area contributed by atoms with E-state index in [1.165, 1.54) is 12.1 Å². The van der Waals surface area contributed by atoms with Gasteiger partial charge in [0.15, 0.2) is 0 Å². The second-order valence-electron chi connectivity index (χ2n) is 6.95.